The van der Waals surface area contributed by atoms with Crippen molar-refractivity contribution in [1.29, 1.82) is 5.26 Å². The highest BCUT2D eigenvalue weighted by Crippen LogP contribution is 2.29. The van der Waals surface area contributed by atoms with Gasteiger partial charge in [-0.2, -0.15) is 5.26 Å². The van der Waals surface area contributed by atoms with E-state index < -0.39 is 27.8 Å². The average molecular weight is 376 g/mol. The second-order valence-electron chi connectivity index (χ2n) is 5.52. The number of aromatic nitrogens is 1. The van der Waals surface area contributed by atoms with Crippen LogP contribution in [0.25, 0.3) is 0 Å². The van der Waals surface area contributed by atoms with Crippen LogP contribution in [0.1, 0.15) is 40.4 Å². The minimum absolute atomic E-state index is 0.0185. The van der Waals surface area contributed by atoms with Gasteiger partial charge in [-0.3, -0.25) is 24.3 Å². The van der Waals surface area contributed by atoms with E-state index in [9.17, 15) is 30.1 Å². The number of benzene rings is 1. The summed E-state index contributed by atoms with van der Waals surface area (Å²) in [4.78, 5) is 35.4. The van der Waals surface area contributed by atoms with Gasteiger partial charge in [0.25, 0.3) is 11.2 Å². The van der Waals surface area contributed by atoms with Crippen LogP contribution in [0.2, 0.25) is 5.02 Å². The summed E-state index contributed by atoms with van der Waals surface area (Å²) in [6.07, 6.45) is 0.488. The SMILES string of the molecule is CCCn1c(O)c(C(=O)c2ccc(Cl)c([N+](=O)[O-])c2)c(C)c(C#N)c1=O. The van der Waals surface area contributed by atoms with Gasteiger partial charge in [0.15, 0.2) is 5.78 Å². The summed E-state index contributed by atoms with van der Waals surface area (Å²) in [6, 6.07) is 5.22. The van der Waals surface area contributed by atoms with Gasteiger partial charge in [0.1, 0.15) is 16.7 Å². The van der Waals surface area contributed by atoms with E-state index >= 15 is 0 Å². The van der Waals surface area contributed by atoms with Crippen molar-refractivity contribution in [2.45, 2.75) is 26.8 Å². The molecule has 0 fully saturated rings. The Morgan fingerprint density at radius 3 is 2.65 bits per heavy atom. The lowest BCUT2D eigenvalue weighted by atomic mass is 9.97. The molecule has 26 heavy (non-hydrogen) atoms. The predicted octanol–water partition coefficient (Wildman–Crippen LogP) is 2.94. The molecule has 134 valence electrons. The van der Waals surface area contributed by atoms with E-state index in [4.69, 9.17) is 11.6 Å². The minimum Gasteiger partial charge on any atom is -0.494 e. The summed E-state index contributed by atoms with van der Waals surface area (Å²) in [7, 11) is 0. The third-order valence-electron chi connectivity index (χ3n) is 3.88. The largest absolute Gasteiger partial charge is 0.494 e. The van der Waals surface area contributed by atoms with Crippen LogP contribution in [-0.4, -0.2) is 20.4 Å². The van der Waals surface area contributed by atoms with E-state index in [2.05, 4.69) is 0 Å². The van der Waals surface area contributed by atoms with E-state index in [-0.39, 0.29) is 33.8 Å². The van der Waals surface area contributed by atoms with Crippen LogP contribution >= 0.6 is 11.6 Å². The first kappa shape index (κ1) is 19.1. The number of nitro groups is 1. The second kappa shape index (κ2) is 7.37. The highest BCUT2D eigenvalue weighted by molar-refractivity contribution is 6.32. The van der Waals surface area contributed by atoms with Crippen LogP contribution in [0.3, 0.4) is 0 Å². The molecule has 0 bridgehead atoms. The number of rotatable bonds is 5. The van der Waals surface area contributed by atoms with E-state index in [0.717, 1.165) is 10.6 Å². The normalized spacial score (nSPS) is 10.4. The van der Waals surface area contributed by atoms with Gasteiger partial charge in [0.05, 0.1) is 10.5 Å². The number of aromatic hydroxyl groups is 1. The maximum Gasteiger partial charge on any atom is 0.288 e. The molecule has 0 spiro atoms. The number of halogens is 1. The summed E-state index contributed by atoms with van der Waals surface area (Å²) in [5.41, 5.74) is -1.73. The van der Waals surface area contributed by atoms with Gasteiger partial charge in [0, 0.05) is 18.2 Å². The Hall–Kier alpha value is -3.18. The minimum atomic E-state index is -0.749. The summed E-state index contributed by atoms with van der Waals surface area (Å²) in [5, 5.41) is 30.6. The molecule has 0 unspecified atom stereocenters. The molecule has 2 aromatic rings. The maximum atomic E-state index is 12.9. The third kappa shape index (κ3) is 3.17. The van der Waals surface area contributed by atoms with E-state index in [0.29, 0.717) is 6.42 Å². The van der Waals surface area contributed by atoms with Gasteiger partial charge < -0.3 is 5.11 Å². The van der Waals surface area contributed by atoms with Gasteiger partial charge in [-0.1, -0.05) is 18.5 Å². The first-order valence-electron chi connectivity index (χ1n) is 7.59. The Kier molecular flexibility index (Phi) is 5.43. The van der Waals surface area contributed by atoms with Crippen molar-refractivity contribution >= 4 is 23.1 Å². The molecule has 0 radical (unpaired) electrons. The van der Waals surface area contributed by atoms with Crippen LogP contribution in [0.5, 0.6) is 5.88 Å². The molecule has 0 saturated carbocycles. The molecule has 0 amide bonds. The fraction of sp³-hybridized carbons (Fsp3) is 0.235. The molecule has 0 aliphatic heterocycles. The fourth-order valence-electron chi connectivity index (χ4n) is 2.59. The van der Waals surface area contributed by atoms with E-state index in [1.54, 1.807) is 13.0 Å². The number of ketones is 1. The number of pyridine rings is 1. The average Bonchev–Trinajstić information content (AvgIpc) is 2.59. The topological polar surface area (TPSA) is 126 Å². The maximum absolute atomic E-state index is 12.9. The van der Waals surface area contributed by atoms with Crippen LogP contribution in [-0.2, 0) is 6.54 Å². The highest BCUT2D eigenvalue weighted by atomic mass is 35.5. The number of hydrogen-bond acceptors (Lipinski definition) is 6. The highest BCUT2D eigenvalue weighted by Gasteiger charge is 2.26. The predicted molar refractivity (Wildman–Crippen MR) is 93.6 cm³/mol. The molecule has 1 N–H and O–H groups in total. The molecule has 0 saturated heterocycles. The Bertz CT molecular complexity index is 1020. The fourth-order valence-corrected chi connectivity index (χ4v) is 2.78. The Morgan fingerprint density at radius 2 is 2.12 bits per heavy atom. The van der Waals surface area contributed by atoms with Gasteiger partial charge in [0.2, 0.25) is 5.88 Å². The Labute approximate surface area is 153 Å². The number of nitro benzene ring substituents is 1. The van der Waals surface area contributed by atoms with Crippen LogP contribution in [0, 0.1) is 28.4 Å². The van der Waals surface area contributed by atoms with Crippen LogP contribution < -0.4 is 5.56 Å². The molecule has 0 aliphatic rings. The quantitative estimate of drug-likeness (QED) is 0.486. The van der Waals surface area contributed by atoms with Crippen molar-refractivity contribution in [2.24, 2.45) is 0 Å². The van der Waals surface area contributed by atoms with Gasteiger partial charge in [-0.05, 0) is 31.0 Å². The Morgan fingerprint density at radius 1 is 1.46 bits per heavy atom. The zero-order valence-corrected chi connectivity index (χ0v) is 14.7. The van der Waals surface area contributed by atoms with Crippen molar-refractivity contribution in [2.75, 3.05) is 0 Å². The van der Waals surface area contributed by atoms with Gasteiger partial charge >= 0.3 is 0 Å². The molecule has 1 aromatic heterocycles. The lowest BCUT2D eigenvalue weighted by molar-refractivity contribution is -0.384. The van der Waals surface area contributed by atoms with E-state index in [1.165, 1.54) is 19.1 Å². The van der Waals surface area contributed by atoms with Gasteiger partial charge in [-0.25, -0.2) is 0 Å². The zero-order valence-electron chi connectivity index (χ0n) is 13.9. The molecular weight excluding hydrogens is 362 g/mol. The molecule has 9 heteroatoms. The van der Waals surface area contributed by atoms with Crippen molar-refractivity contribution in [3.63, 3.8) is 0 Å². The van der Waals surface area contributed by atoms with Crippen LogP contribution in [0.4, 0.5) is 5.69 Å². The summed E-state index contributed by atoms with van der Waals surface area (Å²) in [6.45, 7) is 3.25. The molecule has 1 aromatic carbocycles. The molecule has 0 aliphatic carbocycles. The molecule has 8 nitrogen and oxygen atoms in total. The number of hydrogen-bond donors (Lipinski definition) is 1. The second-order valence-corrected chi connectivity index (χ2v) is 5.93. The molecule has 1 heterocycles. The van der Waals surface area contributed by atoms with Crippen molar-refractivity contribution in [3.05, 3.63) is 65.9 Å². The lowest BCUT2D eigenvalue weighted by Gasteiger charge is -2.15. The van der Waals surface area contributed by atoms with E-state index in [1.807, 2.05) is 0 Å². The lowest BCUT2D eigenvalue weighted by Crippen LogP contribution is -2.26. The smallest absolute Gasteiger partial charge is 0.288 e. The van der Waals surface area contributed by atoms with Crippen molar-refractivity contribution in [1.82, 2.24) is 4.57 Å². The number of nitriles is 1. The summed E-state index contributed by atoms with van der Waals surface area (Å²) in [5.74, 6) is -1.32. The zero-order chi connectivity index (χ0) is 19.6. The first-order chi connectivity index (χ1) is 12.2. The molecule has 0 atom stereocenters. The van der Waals surface area contributed by atoms with Crippen molar-refractivity contribution < 1.29 is 14.8 Å². The Balaban J connectivity index is 2.76. The summed E-state index contributed by atoms with van der Waals surface area (Å²) >= 11 is 5.75. The first-order valence-corrected chi connectivity index (χ1v) is 7.97. The number of carbonyl (C=O) groups is 1. The summed E-state index contributed by atoms with van der Waals surface area (Å²) < 4.78 is 0.948. The monoisotopic (exact) mass is 375 g/mol. The van der Waals surface area contributed by atoms with Gasteiger partial charge in [-0.15, -0.1) is 0 Å². The molecule has 2 rings (SSSR count). The third-order valence-corrected chi connectivity index (χ3v) is 4.20. The van der Waals surface area contributed by atoms with Crippen LogP contribution in [0.15, 0.2) is 23.0 Å². The molecular formula is C17H14ClN3O5. The number of carbonyl (C=O) groups excluding carboxylic acids is 1. The van der Waals surface area contributed by atoms with Crippen molar-refractivity contribution in [3.8, 4) is 11.9 Å². The number of nitrogens with zero attached hydrogens (tertiary/aromatic N) is 3. The standard InChI is InChI=1S/C17H14ClN3O5/c1-3-6-20-16(23)11(8-19)9(2)14(17(20)24)15(22)10-4-5-12(18)13(7-10)21(25)26/h4-5,7,24H,3,6H2,1-2H3.